The maximum atomic E-state index is 5.87. The number of hydrogen-bond acceptors (Lipinski definition) is 1. The van der Waals surface area contributed by atoms with E-state index >= 15 is 0 Å². The molecule has 2 saturated heterocycles. The molecule has 4 aliphatic rings. The Kier molecular flexibility index (Phi) is 0.893. The lowest BCUT2D eigenvalue weighted by atomic mass is 9.71. The molecule has 2 aliphatic carbocycles. The van der Waals surface area contributed by atoms with Gasteiger partial charge in [0, 0.05) is 0 Å². The van der Waals surface area contributed by atoms with Crippen LogP contribution in [-0.2, 0) is 4.74 Å². The van der Waals surface area contributed by atoms with Crippen molar-refractivity contribution in [3.63, 3.8) is 0 Å². The zero-order valence-corrected chi connectivity index (χ0v) is 7.39. The molecule has 1 heteroatoms. The molecule has 62 valence electrons. The summed E-state index contributed by atoms with van der Waals surface area (Å²) in [5.74, 6) is 0. The number of ether oxygens (including phenoxy) is 1. The molecule has 4 fully saturated rings. The first-order chi connectivity index (χ1) is 5.11. The molecule has 0 aromatic rings. The standard InChI is InChI=1S/C10H16O/c1-9-3-7-5-10(9,2)6-8(4-9)11-7/h7-8H,3-6H2,1-2H3. The first-order valence-electron chi connectivity index (χ1n) is 4.77. The fourth-order valence-electron chi connectivity index (χ4n) is 3.77. The van der Waals surface area contributed by atoms with Crippen LogP contribution in [0.4, 0.5) is 0 Å². The van der Waals surface area contributed by atoms with Crippen molar-refractivity contribution < 1.29 is 4.74 Å². The SMILES string of the molecule is CC12CC3CC1(C)CC(C2)O3. The van der Waals surface area contributed by atoms with Crippen LogP contribution < -0.4 is 0 Å². The first-order valence-corrected chi connectivity index (χ1v) is 4.77. The predicted molar refractivity (Wildman–Crippen MR) is 43.3 cm³/mol. The van der Waals surface area contributed by atoms with Gasteiger partial charge in [-0.1, -0.05) is 13.8 Å². The molecule has 0 radical (unpaired) electrons. The van der Waals surface area contributed by atoms with E-state index in [9.17, 15) is 0 Å². The predicted octanol–water partition coefficient (Wildman–Crippen LogP) is 2.35. The van der Waals surface area contributed by atoms with Crippen LogP contribution in [0.3, 0.4) is 0 Å². The van der Waals surface area contributed by atoms with E-state index in [0.29, 0.717) is 23.0 Å². The van der Waals surface area contributed by atoms with Crippen molar-refractivity contribution in [3.8, 4) is 0 Å². The zero-order valence-electron chi connectivity index (χ0n) is 7.39. The van der Waals surface area contributed by atoms with E-state index < -0.39 is 0 Å². The van der Waals surface area contributed by atoms with Crippen LogP contribution >= 0.6 is 0 Å². The summed E-state index contributed by atoms with van der Waals surface area (Å²) in [6.07, 6.45) is 6.58. The Morgan fingerprint density at radius 2 is 1.27 bits per heavy atom. The van der Waals surface area contributed by atoms with Crippen molar-refractivity contribution >= 4 is 0 Å². The van der Waals surface area contributed by atoms with E-state index in [4.69, 9.17) is 4.74 Å². The van der Waals surface area contributed by atoms with Crippen LogP contribution in [0.25, 0.3) is 0 Å². The summed E-state index contributed by atoms with van der Waals surface area (Å²) in [5.41, 5.74) is 1.28. The Balaban J connectivity index is 2.10. The minimum atomic E-state index is 0.623. The highest BCUT2D eigenvalue weighted by Crippen LogP contribution is 2.67. The monoisotopic (exact) mass is 152 g/mol. The summed E-state index contributed by atoms with van der Waals surface area (Å²) in [4.78, 5) is 0. The van der Waals surface area contributed by atoms with Gasteiger partial charge in [-0.05, 0) is 36.5 Å². The second kappa shape index (κ2) is 1.52. The second-order valence-corrected chi connectivity index (χ2v) is 5.32. The van der Waals surface area contributed by atoms with E-state index in [2.05, 4.69) is 13.8 Å². The Hall–Kier alpha value is -0.0400. The number of hydrogen-bond donors (Lipinski definition) is 0. The molecule has 0 amide bonds. The fourth-order valence-corrected chi connectivity index (χ4v) is 3.77. The average molecular weight is 152 g/mol. The van der Waals surface area contributed by atoms with Gasteiger partial charge >= 0.3 is 0 Å². The minimum Gasteiger partial charge on any atom is -0.375 e. The van der Waals surface area contributed by atoms with E-state index in [1.807, 2.05) is 0 Å². The van der Waals surface area contributed by atoms with Crippen LogP contribution in [-0.4, -0.2) is 12.2 Å². The van der Waals surface area contributed by atoms with Crippen molar-refractivity contribution in [2.75, 3.05) is 0 Å². The maximum Gasteiger partial charge on any atom is 0.0589 e. The Morgan fingerprint density at radius 3 is 1.55 bits per heavy atom. The molecular weight excluding hydrogens is 136 g/mol. The number of rotatable bonds is 0. The fraction of sp³-hybridized carbons (Fsp3) is 1.00. The second-order valence-electron chi connectivity index (χ2n) is 5.32. The van der Waals surface area contributed by atoms with Gasteiger partial charge < -0.3 is 4.74 Å². The quantitative estimate of drug-likeness (QED) is 0.517. The summed E-state index contributed by atoms with van der Waals surface area (Å²) >= 11 is 0. The van der Waals surface area contributed by atoms with Gasteiger partial charge in [0.2, 0.25) is 0 Å². The van der Waals surface area contributed by atoms with Gasteiger partial charge in [-0.3, -0.25) is 0 Å². The van der Waals surface area contributed by atoms with E-state index in [1.54, 1.807) is 0 Å². The topological polar surface area (TPSA) is 9.23 Å². The van der Waals surface area contributed by atoms with Crippen LogP contribution in [0.2, 0.25) is 0 Å². The van der Waals surface area contributed by atoms with Gasteiger partial charge in [0.05, 0.1) is 12.2 Å². The summed E-state index contributed by atoms with van der Waals surface area (Å²) in [6.45, 7) is 4.94. The molecule has 0 spiro atoms. The molecule has 0 N–H and O–H groups in total. The smallest absolute Gasteiger partial charge is 0.0589 e. The molecule has 4 rings (SSSR count). The van der Waals surface area contributed by atoms with Gasteiger partial charge in [0.25, 0.3) is 0 Å². The molecule has 4 bridgehead atoms. The van der Waals surface area contributed by atoms with Crippen molar-refractivity contribution in [1.82, 2.24) is 0 Å². The zero-order chi connectivity index (χ0) is 7.69. The highest BCUT2D eigenvalue weighted by molar-refractivity contribution is 5.12. The van der Waals surface area contributed by atoms with Gasteiger partial charge in [0.1, 0.15) is 0 Å². The highest BCUT2D eigenvalue weighted by Gasteiger charge is 2.62. The van der Waals surface area contributed by atoms with Gasteiger partial charge in [-0.15, -0.1) is 0 Å². The van der Waals surface area contributed by atoms with E-state index in [1.165, 1.54) is 25.7 Å². The summed E-state index contributed by atoms with van der Waals surface area (Å²) in [6, 6.07) is 0. The molecule has 11 heavy (non-hydrogen) atoms. The Labute approximate surface area is 68.1 Å². The first kappa shape index (κ1) is 6.47. The van der Waals surface area contributed by atoms with Crippen LogP contribution in [0.1, 0.15) is 39.5 Å². The molecule has 0 unspecified atom stereocenters. The lowest BCUT2D eigenvalue weighted by Crippen LogP contribution is -2.27. The van der Waals surface area contributed by atoms with Crippen molar-refractivity contribution in [1.29, 1.82) is 0 Å². The summed E-state index contributed by atoms with van der Waals surface area (Å²) in [7, 11) is 0. The third-order valence-electron chi connectivity index (χ3n) is 4.55. The lowest BCUT2D eigenvalue weighted by molar-refractivity contribution is -0.0582. The highest BCUT2D eigenvalue weighted by atomic mass is 16.5. The average Bonchev–Trinajstić information content (AvgIpc) is 2.07. The molecule has 0 atom stereocenters. The maximum absolute atomic E-state index is 5.87. The normalized spacial score (nSPS) is 66.0. The largest absolute Gasteiger partial charge is 0.375 e. The Morgan fingerprint density at radius 1 is 0.909 bits per heavy atom. The Bertz CT molecular complexity index is 175. The molecule has 2 aliphatic heterocycles. The molecule has 0 aromatic carbocycles. The summed E-state index contributed by atoms with van der Waals surface area (Å²) in [5, 5.41) is 0. The minimum absolute atomic E-state index is 0.623. The molecule has 2 heterocycles. The molecule has 1 nitrogen and oxygen atoms in total. The van der Waals surface area contributed by atoms with E-state index in [-0.39, 0.29) is 0 Å². The van der Waals surface area contributed by atoms with Crippen molar-refractivity contribution in [3.05, 3.63) is 0 Å². The van der Waals surface area contributed by atoms with Gasteiger partial charge in [-0.2, -0.15) is 0 Å². The van der Waals surface area contributed by atoms with Crippen molar-refractivity contribution in [2.45, 2.75) is 51.7 Å². The van der Waals surface area contributed by atoms with Crippen LogP contribution in [0, 0.1) is 10.8 Å². The van der Waals surface area contributed by atoms with Gasteiger partial charge in [-0.25, -0.2) is 0 Å². The van der Waals surface area contributed by atoms with Crippen LogP contribution in [0.5, 0.6) is 0 Å². The third-order valence-corrected chi connectivity index (χ3v) is 4.55. The molecule has 2 saturated carbocycles. The third kappa shape index (κ3) is 0.581. The summed E-state index contributed by atoms with van der Waals surface area (Å²) < 4.78 is 5.87. The lowest BCUT2D eigenvalue weighted by Gasteiger charge is -2.33. The van der Waals surface area contributed by atoms with Gasteiger partial charge in [0.15, 0.2) is 0 Å². The molecular formula is C10H16O. The van der Waals surface area contributed by atoms with Crippen molar-refractivity contribution in [2.24, 2.45) is 10.8 Å². The molecule has 0 aromatic heterocycles. The van der Waals surface area contributed by atoms with Crippen LogP contribution in [0.15, 0.2) is 0 Å². The van der Waals surface area contributed by atoms with E-state index in [0.717, 1.165) is 0 Å².